The highest BCUT2D eigenvalue weighted by Gasteiger charge is 2.42. The normalized spacial score (nSPS) is 32.0. The molecule has 0 amide bonds. The van der Waals surface area contributed by atoms with Crippen LogP contribution in [0.15, 0.2) is 0 Å². The number of piperazine rings is 1. The van der Waals surface area contributed by atoms with Crippen molar-refractivity contribution in [3.05, 3.63) is 0 Å². The Labute approximate surface area is 130 Å². The van der Waals surface area contributed by atoms with E-state index in [9.17, 15) is 0 Å². The van der Waals surface area contributed by atoms with Crippen molar-refractivity contribution in [3.63, 3.8) is 0 Å². The van der Waals surface area contributed by atoms with Crippen LogP contribution in [-0.2, 0) is 0 Å². The first-order chi connectivity index (χ1) is 10.3. The average Bonchev–Trinajstić information content (AvgIpc) is 2.56. The third-order valence-corrected chi connectivity index (χ3v) is 6.21. The van der Waals surface area contributed by atoms with Gasteiger partial charge in [-0.15, -0.1) is 0 Å². The van der Waals surface area contributed by atoms with Crippen molar-refractivity contribution >= 4 is 0 Å². The van der Waals surface area contributed by atoms with Crippen molar-refractivity contribution in [2.75, 3.05) is 52.4 Å². The molecular formula is C17H34N4. The largest absolute Gasteiger partial charge is 0.329 e. The van der Waals surface area contributed by atoms with Gasteiger partial charge in [-0.1, -0.05) is 13.3 Å². The minimum Gasteiger partial charge on any atom is -0.329 e. The van der Waals surface area contributed by atoms with Crippen molar-refractivity contribution in [2.45, 2.75) is 57.0 Å². The third kappa shape index (κ3) is 3.29. The van der Waals surface area contributed by atoms with Gasteiger partial charge in [0, 0.05) is 37.8 Å². The molecule has 0 bridgehead atoms. The van der Waals surface area contributed by atoms with Crippen LogP contribution in [0, 0.1) is 0 Å². The Morgan fingerprint density at radius 1 is 1.05 bits per heavy atom. The molecular weight excluding hydrogens is 260 g/mol. The van der Waals surface area contributed by atoms with Gasteiger partial charge in [0.1, 0.15) is 0 Å². The van der Waals surface area contributed by atoms with Crippen LogP contribution in [0.5, 0.6) is 0 Å². The fraction of sp³-hybridized carbons (Fsp3) is 1.00. The monoisotopic (exact) mass is 294 g/mol. The summed E-state index contributed by atoms with van der Waals surface area (Å²) in [5, 5.41) is 0. The van der Waals surface area contributed by atoms with E-state index >= 15 is 0 Å². The Morgan fingerprint density at radius 3 is 2.57 bits per heavy atom. The molecule has 0 aromatic carbocycles. The molecule has 0 aliphatic carbocycles. The zero-order chi connectivity index (χ0) is 14.7. The maximum atomic E-state index is 6.28. The number of nitrogens with two attached hydrogens (primary N) is 1. The van der Waals surface area contributed by atoms with Crippen LogP contribution in [-0.4, -0.2) is 78.6 Å². The number of fused-ring (bicyclic) bond motifs is 1. The molecule has 4 nitrogen and oxygen atoms in total. The SMILES string of the molecule is CCCN1CCC(CN)(N2CCN3CCCCC3C2)CC1. The number of piperidine rings is 2. The lowest BCUT2D eigenvalue weighted by molar-refractivity contribution is -0.0372. The third-order valence-electron chi connectivity index (χ3n) is 6.21. The number of hydrogen-bond acceptors (Lipinski definition) is 4. The number of likely N-dealkylation sites (tertiary alicyclic amines) is 1. The summed E-state index contributed by atoms with van der Waals surface area (Å²) in [6.07, 6.45) is 8.06. The quantitative estimate of drug-likeness (QED) is 0.849. The Bertz CT molecular complexity index is 325. The van der Waals surface area contributed by atoms with E-state index in [4.69, 9.17) is 5.73 Å². The second kappa shape index (κ2) is 6.95. The molecule has 0 aromatic rings. The summed E-state index contributed by atoms with van der Waals surface area (Å²) in [4.78, 5) is 8.14. The predicted molar refractivity (Wildman–Crippen MR) is 88.5 cm³/mol. The summed E-state index contributed by atoms with van der Waals surface area (Å²) in [5.74, 6) is 0. The zero-order valence-electron chi connectivity index (χ0n) is 13.9. The molecule has 1 unspecified atom stereocenters. The Kier molecular flexibility index (Phi) is 5.20. The van der Waals surface area contributed by atoms with Crippen molar-refractivity contribution in [2.24, 2.45) is 5.73 Å². The van der Waals surface area contributed by atoms with Gasteiger partial charge in [0.15, 0.2) is 0 Å². The smallest absolute Gasteiger partial charge is 0.0357 e. The summed E-state index contributed by atoms with van der Waals surface area (Å²) in [5.41, 5.74) is 6.58. The van der Waals surface area contributed by atoms with Crippen LogP contribution in [0.25, 0.3) is 0 Å². The second-order valence-electron chi connectivity index (χ2n) is 7.40. The number of nitrogens with zero attached hydrogens (tertiary/aromatic N) is 3. The van der Waals surface area contributed by atoms with Crippen molar-refractivity contribution in [1.29, 1.82) is 0 Å². The van der Waals surface area contributed by atoms with Gasteiger partial charge in [-0.05, 0) is 58.3 Å². The van der Waals surface area contributed by atoms with Crippen LogP contribution >= 0.6 is 0 Å². The van der Waals surface area contributed by atoms with Gasteiger partial charge in [0.05, 0.1) is 0 Å². The van der Waals surface area contributed by atoms with Crippen LogP contribution < -0.4 is 5.73 Å². The average molecular weight is 294 g/mol. The number of hydrogen-bond donors (Lipinski definition) is 1. The van der Waals surface area contributed by atoms with Gasteiger partial charge < -0.3 is 10.6 Å². The van der Waals surface area contributed by atoms with E-state index in [1.54, 1.807) is 0 Å². The lowest BCUT2D eigenvalue weighted by Gasteiger charge is -2.54. The maximum absolute atomic E-state index is 6.28. The van der Waals surface area contributed by atoms with E-state index in [1.165, 1.54) is 84.3 Å². The topological polar surface area (TPSA) is 35.7 Å². The standard InChI is InChI=1S/C17H34N4/c1-2-8-19-10-6-17(15-18,7-11-19)21-13-12-20-9-4-3-5-16(20)14-21/h16H,2-15,18H2,1H3. The summed E-state index contributed by atoms with van der Waals surface area (Å²) in [7, 11) is 0. The minimum atomic E-state index is 0.299. The first-order valence-corrected chi connectivity index (χ1v) is 9.19. The van der Waals surface area contributed by atoms with Crippen molar-refractivity contribution in [1.82, 2.24) is 14.7 Å². The molecule has 0 aromatic heterocycles. The molecule has 1 atom stereocenters. The maximum Gasteiger partial charge on any atom is 0.0357 e. The second-order valence-corrected chi connectivity index (χ2v) is 7.40. The Hall–Kier alpha value is -0.160. The molecule has 21 heavy (non-hydrogen) atoms. The van der Waals surface area contributed by atoms with Crippen LogP contribution in [0.1, 0.15) is 45.4 Å². The summed E-state index contributed by atoms with van der Waals surface area (Å²) >= 11 is 0. The van der Waals surface area contributed by atoms with Gasteiger partial charge >= 0.3 is 0 Å². The molecule has 3 saturated heterocycles. The molecule has 3 heterocycles. The van der Waals surface area contributed by atoms with E-state index in [0.29, 0.717) is 5.54 Å². The summed E-state index contributed by atoms with van der Waals surface area (Å²) in [6.45, 7) is 12.0. The molecule has 3 rings (SSSR count). The first-order valence-electron chi connectivity index (χ1n) is 9.19. The van der Waals surface area contributed by atoms with Gasteiger partial charge in [-0.2, -0.15) is 0 Å². The van der Waals surface area contributed by atoms with E-state index in [2.05, 4.69) is 21.6 Å². The Balaban J connectivity index is 1.61. The molecule has 3 aliphatic rings. The summed E-state index contributed by atoms with van der Waals surface area (Å²) in [6, 6.07) is 0.810. The minimum absolute atomic E-state index is 0.299. The van der Waals surface area contributed by atoms with E-state index < -0.39 is 0 Å². The van der Waals surface area contributed by atoms with Crippen LogP contribution in [0.3, 0.4) is 0 Å². The first kappa shape index (κ1) is 15.7. The molecule has 4 heteroatoms. The van der Waals surface area contributed by atoms with Crippen LogP contribution in [0.2, 0.25) is 0 Å². The molecule has 0 radical (unpaired) electrons. The molecule has 0 saturated carbocycles. The molecule has 3 fully saturated rings. The lowest BCUT2D eigenvalue weighted by Crippen LogP contribution is -2.66. The summed E-state index contributed by atoms with van der Waals surface area (Å²) < 4.78 is 0. The highest BCUT2D eigenvalue weighted by atomic mass is 15.3. The lowest BCUT2D eigenvalue weighted by atomic mass is 9.83. The Morgan fingerprint density at radius 2 is 1.86 bits per heavy atom. The molecule has 3 aliphatic heterocycles. The fourth-order valence-corrected chi connectivity index (χ4v) is 4.75. The van der Waals surface area contributed by atoms with Gasteiger partial charge in [0.2, 0.25) is 0 Å². The van der Waals surface area contributed by atoms with Crippen molar-refractivity contribution < 1.29 is 0 Å². The van der Waals surface area contributed by atoms with Gasteiger partial charge in [0.25, 0.3) is 0 Å². The number of rotatable bonds is 4. The molecule has 2 N–H and O–H groups in total. The van der Waals surface area contributed by atoms with Crippen LogP contribution in [0.4, 0.5) is 0 Å². The highest BCUT2D eigenvalue weighted by molar-refractivity contribution is 5.00. The van der Waals surface area contributed by atoms with Gasteiger partial charge in [-0.25, -0.2) is 0 Å². The van der Waals surface area contributed by atoms with E-state index in [1.807, 2.05) is 0 Å². The van der Waals surface area contributed by atoms with Crippen molar-refractivity contribution in [3.8, 4) is 0 Å². The van der Waals surface area contributed by atoms with E-state index in [0.717, 1.165) is 12.6 Å². The predicted octanol–water partition coefficient (Wildman–Crippen LogP) is 1.36. The molecule has 122 valence electrons. The zero-order valence-corrected chi connectivity index (χ0v) is 13.9. The van der Waals surface area contributed by atoms with Gasteiger partial charge in [-0.3, -0.25) is 9.80 Å². The highest BCUT2D eigenvalue weighted by Crippen LogP contribution is 2.32. The van der Waals surface area contributed by atoms with E-state index in [-0.39, 0.29) is 0 Å². The fourth-order valence-electron chi connectivity index (χ4n) is 4.75. The molecule has 0 spiro atoms.